The predicted octanol–water partition coefficient (Wildman–Crippen LogP) is -5.48. The summed E-state index contributed by atoms with van der Waals surface area (Å²) in [5, 5.41) is 125. The number of rotatable bonds is 9. The Labute approximate surface area is 252 Å². The van der Waals surface area contributed by atoms with E-state index in [4.69, 9.17) is 35.3 Å². The van der Waals surface area contributed by atoms with Gasteiger partial charge in [-0.15, -0.1) is 0 Å². The van der Waals surface area contributed by atoms with Gasteiger partial charge in [-0.05, 0) is 6.07 Å². The third-order valence-electron chi connectivity index (χ3n) is 7.73. The van der Waals surface area contributed by atoms with Crippen molar-refractivity contribution >= 4 is 17.3 Å². The molecule has 0 spiro atoms. The van der Waals surface area contributed by atoms with Crippen molar-refractivity contribution in [3.05, 3.63) is 38.9 Å². The average molecular weight is 660 g/mol. The van der Waals surface area contributed by atoms with E-state index >= 15 is 0 Å². The molecule has 1 aromatic carbocycles. The lowest BCUT2D eigenvalue weighted by atomic mass is 9.87. The van der Waals surface area contributed by atoms with Crippen LogP contribution in [0.25, 0.3) is 0 Å². The van der Waals surface area contributed by atoms with Gasteiger partial charge in [0.25, 0.3) is 5.69 Å². The first kappa shape index (κ1) is 35.1. The molecule has 0 aliphatic carbocycles. The van der Waals surface area contributed by atoms with Crippen molar-refractivity contribution in [1.82, 2.24) is 0 Å². The number of aliphatic hydroxyl groups is 11. The van der Waals surface area contributed by atoms with Crippen molar-refractivity contribution < 1.29 is 84.8 Å². The van der Waals surface area contributed by atoms with Gasteiger partial charge in [-0.1, -0.05) is 11.6 Å². The number of benzene rings is 1. The zero-order valence-corrected chi connectivity index (χ0v) is 23.3. The van der Waals surface area contributed by atoms with Crippen molar-refractivity contribution in [1.29, 1.82) is 0 Å². The lowest BCUT2D eigenvalue weighted by Gasteiger charge is -2.53. The van der Waals surface area contributed by atoms with E-state index in [9.17, 15) is 66.3 Å². The molecular weight excluding hydrogens is 626 g/mol. The first-order chi connectivity index (χ1) is 20.7. The number of nitrogens with zero attached hydrogens (tertiary/aromatic N) is 1. The van der Waals surface area contributed by atoms with Gasteiger partial charge in [-0.2, -0.15) is 0 Å². The number of non-ortho nitro benzene ring substituents is 1. The Kier molecular flexibility index (Phi) is 11.1. The molecule has 0 amide bonds. The molecule has 250 valence electrons. The van der Waals surface area contributed by atoms with E-state index in [-0.39, 0.29) is 0 Å². The maximum atomic E-state index is 11.4. The maximum Gasteiger partial charge on any atom is 0.270 e. The van der Waals surface area contributed by atoms with E-state index in [1.807, 2.05) is 0 Å². The van der Waals surface area contributed by atoms with E-state index in [0.29, 0.717) is 0 Å². The Morgan fingerprint density at radius 1 is 0.750 bits per heavy atom. The highest BCUT2D eigenvalue weighted by atomic mass is 35.5. The van der Waals surface area contributed by atoms with Crippen molar-refractivity contribution in [2.45, 2.75) is 91.6 Å². The first-order valence-electron chi connectivity index (χ1n) is 13.3. The molecule has 19 nitrogen and oxygen atoms in total. The first-order valence-corrected chi connectivity index (χ1v) is 13.6. The van der Waals surface area contributed by atoms with Crippen LogP contribution < -0.4 is 0 Å². The van der Waals surface area contributed by atoms with E-state index < -0.39 is 133 Å². The van der Waals surface area contributed by atoms with Crippen LogP contribution in [0.2, 0.25) is 5.02 Å². The molecule has 0 bridgehead atoms. The third-order valence-corrected chi connectivity index (χ3v) is 8.04. The lowest BCUT2D eigenvalue weighted by molar-refractivity contribution is -0.449. The molecule has 3 fully saturated rings. The SMILES string of the molecule is O=[N+]([O-])c1ccc(C2(OC3OC(CO)C(O)C(O)C3O)OC(CO)C(O)C(O)C2OC2OC(CO)C(O)C(O)C2O)c(Cl)c1. The maximum absolute atomic E-state index is 11.4. The van der Waals surface area contributed by atoms with Crippen LogP contribution in [0.15, 0.2) is 18.2 Å². The molecular formula is C24H34ClNO18. The quantitative estimate of drug-likeness (QED) is 0.0869. The fourth-order valence-corrected chi connectivity index (χ4v) is 5.54. The van der Waals surface area contributed by atoms with Gasteiger partial charge >= 0.3 is 0 Å². The monoisotopic (exact) mass is 659 g/mol. The van der Waals surface area contributed by atoms with Crippen molar-refractivity contribution in [3.63, 3.8) is 0 Å². The van der Waals surface area contributed by atoms with Crippen molar-refractivity contribution in [3.8, 4) is 0 Å². The normalized spacial score (nSPS) is 44.8. The van der Waals surface area contributed by atoms with E-state index in [0.717, 1.165) is 18.2 Å². The molecule has 11 N–H and O–H groups in total. The molecule has 1 aromatic rings. The standard InChI is InChI=1S/C24H34ClNO18/c25-9-3-7(26(38)39)1-2-8(9)24(44-23-20(37)17(34)14(31)11(5-28)41-23)21(18(35)15(32)12(6-29)43-24)42-22-19(36)16(33)13(30)10(4-27)40-22/h1-3,10-23,27-37H,4-6H2. The number of hydrogen-bond acceptors (Lipinski definition) is 18. The van der Waals surface area contributed by atoms with Crippen LogP contribution in [0.1, 0.15) is 5.56 Å². The Hall–Kier alpha value is -1.73. The highest BCUT2D eigenvalue weighted by Crippen LogP contribution is 2.47. The molecule has 3 aliphatic rings. The number of ether oxygens (including phenoxy) is 5. The summed E-state index contributed by atoms with van der Waals surface area (Å²) in [4.78, 5) is 10.6. The summed E-state index contributed by atoms with van der Waals surface area (Å²) in [7, 11) is 0. The molecule has 15 unspecified atom stereocenters. The van der Waals surface area contributed by atoms with Crippen LogP contribution >= 0.6 is 11.6 Å². The van der Waals surface area contributed by atoms with Crippen LogP contribution in [0.3, 0.4) is 0 Å². The minimum Gasteiger partial charge on any atom is -0.394 e. The van der Waals surface area contributed by atoms with Gasteiger partial charge in [0.1, 0.15) is 73.2 Å². The Morgan fingerprint density at radius 3 is 1.75 bits per heavy atom. The molecule has 0 radical (unpaired) electrons. The molecule has 0 saturated carbocycles. The Balaban J connectivity index is 1.88. The predicted molar refractivity (Wildman–Crippen MR) is 137 cm³/mol. The molecule has 0 aromatic heterocycles. The molecule has 15 atom stereocenters. The highest BCUT2D eigenvalue weighted by Gasteiger charge is 2.62. The van der Waals surface area contributed by atoms with Crippen molar-refractivity contribution in [2.75, 3.05) is 19.8 Å². The van der Waals surface area contributed by atoms with Crippen LogP contribution in [0.5, 0.6) is 0 Å². The number of nitro benzene ring substituents is 1. The summed E-state index contributed by atoms with van der Waals surface area (Å²) in [6, 6.07) is 2.71. The zero-order valence-electron chi connectivity index (χ0n) is 22.5. The lowest BCUT2D eigenvalue weighted by Crippen LogP contribution is -2.70. The molecule has 20 heteroatoms. The Morgan fingerprint density at radius 2 is 1.25 bits per heavy atom. The van der Waals surface area contributed by atoms with Crippen molar-refractivity contribution in [2.24, 2.45) is 0 Å². The number of aliphatic hydroxyl groups excluding tert-OH is 11. The molecule has 3 aliphatic heterocycles. The molecule has 3 heterocycles. The van der Waals surface area contributed by atoms with Crippen LogP contribution in [0.4, 0.5) is 5.69 Å². The second-order valence-corrected chi connectivity index (χ2v) is 10.9. The van der Waals surface area contributed by atoms with Gasteiger partial charge in [-0.25, -0.2) is 0 Å². The zero-order chi connectivity index (χ0) is 32.7. The fraction of sp³-hybridized carbons (Fsp3) is 0.750. The smallest absolute Gasteiger partial charge is 0.270 e. The van der Waals surface area contributed by atoms with Gasteiger partial charge in [0.05, 0.1) is 29.8 Å². The molecule has 4 rings (SSSR count). The van der Waals surface area contributed by atoms with E-state index in [1.165, 1.54) is 0 Å². The summed E-state index contributed by atoms with van der Waals surface area (Å²) in [5.41, 5.74) is -0.969. The number of halogens is 1. The summed E-state index contributed by atoms with van der Waals surface area (Å²) >= 11 is 6.41. The van der Waals surface area contributed by atoms with Gasteiger partial charge in [0, 0.05) is 17.7 Å². The average Bonchev–Trinajstić information content (AvgIpc) is 3.00. The van der Waals surface area contributed by atoms with Crippen LogP contribution in [-0.4, -0.2) is 167 Å². The van der Waals surface area contributed by atoms with Gasteiger partial charge in [0.15, 0.2) is 12.6 Å². The van der Waals surface area contributed by atoms with Crippen LogP contribution in [-0.2, 0) is 29.5 Å². The fourth-order valence-electron chi connectivity index (χ4n) is 5.24. The van der Waals surface area contributed by atoms with E-state index in [2.05, 4.69) is 0 Å². The molecule has 3 saturated heterocycles. The second-order valence-electron chi connectivity index (χ2n) is 10.5. The highest BCUT2D eigenvalue weighted by molar-refractivity contribution is 6.31. The summed E-state index contributed by atoms with van der Waals surface area (Å²) < 4.78 is 28.4. The number of nitro groups is 1. The van der Waals surface area contributed by atoms with Crippen LogP contribution in [0, 0.1) is 10.1 Å². The largest absolute Gasteiger partial charge is 0.394 e. The minimum absolute atomic E-state index is 0.430. The Bertz CT molecular complexity index is 1150. The van der Waals surface area contributed by atoms with E-state index in [1.54, 1.807) is 0 Å². The minimum atomic E-state index is -2.81. The van der Waals surface area contributed by atoms with Gasteiger partial charge in [-0.3, -0.25) is 10.1 Å². The topological polar surface area (TPSA) is 312 Å². The van der Waals surface area contributed by atoms with Gasteiger partial charge < -0.3 is 79.9 Å². The summed E-state index contributed by atoms with van der Waals surface area (Å²) in [6.45, 7) is -2.79. The summed E-state index contributed by atoms with van der Waals surface area (Å²) in [6.07, 6.45) is -27.1. The second kappa shape index (κ2) is 13.9. The third kappa shape index (κ3) is 6.30. The summed E-state index contributed by atoms with van der Waals surface area (Å²) in [5.74, 6) is -2.81. The molecule has 44 heavy (non-hydrogen) atoms. The number of hydrogen-bond donors (Lipinski definition) is 11. The van der Waals surface area contributed by atoms with Gasteiger partial charge in [0.2, 0.25) is 5.79 Å².